The maximum atomic E-state index is 14.8. The molecule has 3 heterocycles. The molecule has 0 spiro atoms. The molecule has 27 heavy (non-hydrogen) atoms. The fourth-order valence-corrected chi connectivity index (χ4v) is 3.30. The SMILES string of the molecule is CC(C)c1c(F)cc2nc(C(F)(F)F)nn2c1-n1ncc2cccc(Cl)c21. The maximum Gasteiger partial charge on any atom is 0.453 e. The van der Waals surface area contributed by atoms with Gasteiger partial charge in [-0.25, -0.2) is 14.1 Å². The van der Waals surface area contributed by atoms with E-state index < -0.39 is 17.8 Å². The monoisotopic (exact) mass is 397 g/mol. The molecule has 140 valence electrons. The summed E-state index contributed by atoms with van der Waals surface area (Å²) >= 11 is 6.27. The van der Waals surface area contributed by atoms with Crippen LogP contribution in [-0.2, 0) is 6.18 Å². The lowest BCUT2D eigenvalue weighted by molar-refractivity contribution is -0.144. The molecule has 1 aromatic carbocycles. The van der Waals surface area contributed by atoms with E-state index in [-0.39, 0.29) is 22.9 Å². The summed E-state index contributed by atoms with van der Waals surface area (Å²) in [7, 11) is 0. The second kappa shape index (κ2) is 5.91. The highest BCUT2D eigenvalue weighted by atomic mass is 35.5. The van der Waals surface area contributed by atoms with Gasteiger partial charge in [-0.2, -0.15) is 22.8 Å². The number of para-hydroxylation sites is 1. The topological polar surface area (TPSA) is 48.0 Å². The van der Waals surface area contributed by atoms with Gasteiger partial charge in [-0.05, 0) is 12.0 Å². The summed E-state index contributed by atoms with van der Waals surface area (Å²) in [4.78, 5) is 3.43. The normalized spacial score (nSPS) is 12.6. The molecule has 0 amide bonds. The van der Waals surface area contributed by atoms with Gasteiger partial charge in [0.25, 0.3) is 5.82 Å². The number of benzene rings is 1. The Morgan fingerprint density at radius 3 is 2.59 bits per heavy atom. The molecule has 0 aliphatic heterocycles. The molecule has 0 aliphatic rings. The predicted octanol–water partition coefficient (Wildman–Crippen LogP) is 5.00. The molecule has 0 saturated carbocycles. The van der Waals surface area contributed by atoms with Gasteiger partial charge in [-0.3, -0.25) is 0 Å². The van der Waals surface area contributed by atoms with Gasteiger partial charge < -0.3 is 0 Å². The highest BCUT2D eigenvalue weighted by Crippen LogP contribution is 2.33. The smallest absolute Gasteiger partial charge is 0.213 e. The highest BCUT2D eigenvalue weighted by Gasteiger charge is 2.37. The zero-order valence-electron chi connectivity index (χ0n) is 14.1. The van der Waals surface area contributed by atoms with Crippen LogP contribution in [0, 0.1) is 5.82 Å². The van der Waals surface area contributed by atoms with E-state index in [2.05, 4.69) is 15.2 Å². The van der Waals surface area contributed by atoms with E-state index in [9.17, 15) is 17.6 Å². The lowest BCUT2D eigenvalue weighted by atomic mass is 10.0. The van der Waals surface area contributed by atoms with Crippen LogP contribution < -0.4 is 0 Å². The van der Waals surface area contributed by atoms with E-state index in [0.29, 0.717) is 15.9 Å². The third kappa shape index (κ3) is 2.73. The van der Waals surface area contributed by atoms with Gasteiger partial charge in [0.05, 0.1) is 16.7 Å². The quantitative estimate of drug-likeness (QED) is 0.447. The summed E-state index contributed by atoms with van der Waals surface area (Å²) < 4.78 is 56.4. The third-order valence-corrected chi connectivity index (χ3v) is 4.47. The summed E-state index contributed by atoms with van der Waals surface area (Å²) in [5.41, 5.74) is 0.331. The number of hydrogen-bond donors (Lipinski definition) is 0. The largest absolute Gasteiger partial charge is 0.453 e. The van der Waals surface area contributed by atoms with Crippen LogP contribution in [0.2, 0.25) is 5.02 Å². The van der Waals surface area contributed by atoms with Crippen molar-refractivity contribution in [3.8, 4) is 5.82 Å². The number of fused-ring (bicyclic) bond motifs is 2. The molecular weight excluding hydrogens is 386 g/mol. The van der Waals surface area contributed by atoms with Crippen molar-refractivity contribution in [2.45, 2.75) is 25.9 Å². The van der Waals surface area contributed by atoms with E-state index in [1.807, 2.05) is 0 Å². The second-order valence-corrected chi connectivity index (χ2v) is 6.73. The Morgan fingerprint density at radius 1 is 1.19 bits per heavy atom. The van der Waals surface area contributed by atoms with Crippen molar-refractivity contribution in [3.05, 3.63) is 52.7 Å². The number of aromatic nitrogens is 5. The minimum absolute atomic E-state index is 0.0334. The van der Waals surface area contributed by atoms with E-state index in [1.54, 1.807) is 32.0 Å². The molecule has 0 atom stereocenters. The minimum Gasteiger partial charge on any atom is -0.213 e. The van der Waals surface area contributed by atoms with Crippen LogP contribution in [0.1, 0.15) is 31.2 Å². The van der Waals surface area contributed by atoms with Gasteiger partial charge in [0.15, 0.2) is 11.5 Å². The number of pyridine rings is 1. The Bertz CT molecular complexity index is 1180. The van der Waals surface area contributed by atoms with Crippen LogP contribution in [0.15, 0.2) is 30.5 Å². The summed E-state index contributed by atoms with van der Waals surface area (Å²) in [6.07, 6.45) is -3.26. The van der Waals surface area contributed by atoms with Crippen LogP contribution >= 0.6 is 11.6 Å². The Morgan fingerprint density at radius 2 is 1.93 bits per heavy atom. The summed E-state index contributed by atoms with van der Waals surface area (Å²) in [6.45, 7) is 3.45. The molecule has 4 aromatic rings. The van der Waals surface area contributed by atoms with Crippen molar-refractivity contribution in [2.75, 3.05) is 0 Å². The molecule has 0 aliphatic carbocycles. The predicted molar refractivity (Wildman–Crippen MR) is 91.7 cm³/mol. The number of rotatable bonds is 2. The minimum atomic E-state index is -4.76. The Kier molecular flexibility index (Phi) is 3.88. The molecule has 0 radical (unpaired) electrons. The zero-order chi connectivity index (χ0) is 19.5. The molecular formula is C17H12ClF4N5. The number of halogens is 5. The van der Waals surface area contributed by atoms with Gasteiger partial charge in [0.1, 0.15) is 5.82 Å². The third-order valence-electron chi connectivity index (χ3n) is 4.16. The zero-order valence-corrected chi connectivity index (χ0v) is 14.8. The molecule has 0 N–H and O–H groups in total. The lowest BCUT2D eigenvalue weighted by Gasteiger charge is -2.16. The lowest BCUT2D eigenvalue weighted by Crippen LogP contribution is -2.13. The molecule has 0 unspecified atom stereocenters. The fraction of sp³-hybridized carbons (Fsp3) is 0.235. The Balaban J connectivity index is 2.17. The average molecular weight is 398 g/mol. The molecule has 0 fully saturated rings. The maximum absolute atomic E-state index is 14.8. The highest BCUT2D eigenvalue weighted by molar-refractivity contribution is 6.35. The van der Waals surface area contributed by atoms with Gasteiger partial charge in [0, 0.05) is 17.0 Å². The Labute approximate surface area is 155 Å². The fourth-order valence-electron chi connectivity index (χ4n) is 3.04. The molecule has 0 bridgehead atoms. The first-order valence-electron chi connectivity index (χ1n) is 7.97. The first-order valence-corrected chi connectivity index (χ1v) is 8.35. The number of nitrogens with zero attached hydrogens (tertiary/aromatic N) is 5. The summed E-state index contributed by atoms with van der Waals surface area (Å²) in [6, 6.07) is 6.03. The first-order chi connectivity index (χ1) is 12.7. The van der Waals surface area contributed by atoms with Crippen molar-refractivity contribution in [1.82, 2.24) is 24.4 Å². The summed E-state index contributed by atoms with van der Waals surface area (Å²) in [5, 5.41) is 8.78. The Hall–Kier alpha value is -2.68. The first kappa shape index (κ1) is 17.7. The number of hydrogen-bond acceptors (Lipinski definition) is 3. The molecule has 0 saturated heterocycles. The molecule has 3 aromatic heterocycles. The van der Waals surface area contributed by atoms with Crippen molar-refractivity contribution in [3.63, 3.8) is 0 Å². The van der Waals surface area contributed by atoms with Crippen LogP contribution in [-0.4, -0.2) is 24.4 Å². The van der Waals surface area contributed by atoms with Crippen molar-refractivity contribution in [2.24, 2.45) is 0 Å². The molecule has 5 nitrogen and oxygen atoms in total. The molecule has 10 heteroatoms. The van der Waals surface area contributed by atoms with Crippen molar-refractivity contribution < 1.29 is 17.6 Å². The van der Waals surface area contributed by atoms with Gasteiger partial charge >= 0.3 is 6.18 Å². The van der Waals surface area contributed by atoms with E-state index in [4.69, 9.17) is 11.6 Å². The summed E-state index contributed by atoms with van der Waals surface area (Å²) in [5.74, 6) is -2.37. The van der Waals surface area contributed by atoms with Gasteiger partial charge in [0.2, 0.25) is 0 Å². The standard InChI is InChI=1S/C17H12ClF4N5/c1-8(2)13-11(19)6-12-24-16(17(20,21)22)25-26(12)15(13)27-14-9(7-23-27)4-3-5-10(14)18/h3-8H,1-2H3. The second-order valence-electron chi connectivity index (χ2n) is 6.32. The van der Waals surface area contributed by atoms with E-state index in [0.717, 1.165) is 10.6 Å². The molecule has 4 rings (SSSR count). The van der Waals surface area contributed by atoms with Crippen molar-refractivity contribution in [1.29, 1.82) is 0 Å². The van der Waals surface area contributed by atoms with E-state index in [1.165, 1.54) is 10.9 Å². The van der Waals surface area contributed by atoms with Crippen LogP contribution in [0.3, 0.4) is 0 Å². The van der Waals surface area contributed by atoms with Crippen molar-refractivity contribution >= 4 is 28.2 Å². The van der Waals surface area contributed by atoms with Gasteiger partial charge in [-0.1, -0.05) is 37.6 Å². The average Bonchev–Trinajstić information content (AvgIpc) is 3.17. The van der Waals surface area contributed by atoms with Crippen LogP contribution in [0.4, 0.5) is 17.6 Å². The number of alkyl halides is 3. The van der Waals surface area contributed by atoms with Gasteiger partial charge in [-0.15, -0.1) is 5.10 Å². The van der Waals surface area contributed by atoms with Crippen LogP contribution in [0.25, 0.3) is 22.4 Å². The van der Waals surface area contributed by atoms with E-state index >= 15 is 0 Å². The van der Waals surface area contributed by atoms with Crippen LogP contribution in [0.5, 0.6) is 0 Å².